The van der Waals surface area contributed by atoms with Crippen LogP contribution in [0.15, 0.2) is 24.3 Å². The third kappa shape index (κ3) is 2.46. The van der Waals surface area contributed by atoms with Gasteiger partial charge in [0.05, 0.1) is 0 Å². The summed E-state index contributed by atoms with van der Waals surface area (Å²) in [6.07, 6.45) is 5.16. The number of nitrogens with two attached hydrogens (primary N) is 1. The summed E-state index contributed by atoms with van der Waals surface area (Å²) in [5, 5.41) is 7.55. The summed E-state index contributed by atoms with van der Waals surface area (Å²) in [5.74, 6) is 0. The zero-order valence-electron chi connectivity index (χ0n) is 8.67. The number of hydrogen-bond acceptors (Lipinski definition) is 2. The fourth-order valence-electron chi connectivity index (χ4n) is 1.26. The van der Waals surface area contributed by atoms with Gasteiger partial charge in [0.25, 0.3) is 0 Å². The van der Waals surface area contributed by atoms with Crippen LogP contribution in [-0.4, -0.2) is 5.71 Å². The molecule has 0 unspecified atom stereocenters. The van der Waals surface area contributed by atoms with Crippen molar-refractivity contribution < 1.29 is 0 Å². The molecule has 0 atom stereocenters. The van der Waals surface area contributed by atoms with Gasteiger partial charge in [-0.05, 0) is 31.0 Å². The minimum atomic E-state index is 0.509. The SMILES string of the molecule is CCC=Cc1ccc(N)c(C(C)=N)c1. The number of allylic oxidation sites excluding steroid dienone is 1. The lowest BCUT2D eigenvalue weighted by Crippen LogP contribution is -1.99. The molecule has 1 aromatic rings. The molecule has 0 bridgehead atoms. The van der Waals surface area contributed by atoms with E-state index in [4.69, 9.17) is 11.1 Å². The monoisotopic (exact) mass is 188 g/mol. The summed E-state index contributed by atoms with van der Waals surface area (Å²) in [4.78, 5) is 0. The summed E-state index contributed by atoms with van der Waals surface area (Å²) < 4.78 is 0. The van der Waals surface area contributed by atoms with E-state index in [1.165, 1.54) is 0 Å². The Bertz CT molecular complexity index is 365. The summed E-state index contributed by atoms with van der Waals surface area (Å²) in [7, 11) is 0. The van der Waals surface area contributed by atoms with Gasteiger partial charge in [0.15, 0.2) is 0 Å². The van der Waals surface area contributed by atoms with Crippen LogP contribution in [0.25, 0.3) is 6.08 Å². The standard InChI is InChI=1S/C12H16N2/c1-3-4-5-10-6-7-12(14)11(8-10)9(2)13/h4-8,13H,3,14H2,1-2H3. The Morgan fingerprint density at radius 2 is 2.21 bits per heavy atom. The average molecular weight is 188 g/mol. The van der Waals surface area contributed by atoms with Gasteiger partial charge in [0.1, 0.15) is 0 Å². The molecule has 0 spiro atoms. The van der Waals surface area contributed by atoms with Gasteiger partial charge >= 0.3 is 0 Å². The van der Waals surface area contributed by atoms with Crippen molar-refractivity contribution >= 4 is 17.5 Å². The fourth-order valence-corrected chi connectivity index (χ4v) is 1.26. The van der Waals surface area contributed by atoms with E-state index < -0.39 is 0 Å². The van der Waals surface area contributed by atoms with Crippen molar-refractivity contribution in [1.82, 2.24) is 0 Å². The van der Waals surface area contributed by atoms with Crippen LogP contribution in [0, 0.1) is 5.41 Å². The molecule has 14 heavy (non-hydrogen) atoms. The molecule has 0 aromatic heterocycles. The summed E-state index contributed by atoms with van der Waals surface area (Å²) in [5.41, 5.74) is 8.86. The highest BCUT2D eigenvalue weighted by atomic mass is 14.6. The zero-order chi connectivity index (χ0) is 10.6. The van der Waals surface area contributed by atoms with Gasteiger partial charge in [0, 0.05) is 17.0 Å². The first kappa shape index (κ1) is 10.5. The second kappa shape index (κ2) is 4.61. The first-order chi connectivity index (χ1) is 6.65. The molecule has 3 N–H and O–H groups in total. The normalized spacial score (nSPS) is 10.7. The summed E-state index contributed by atoms with van der Waals surface area (Å²) in [6.45, 7) is 3.84. The van der Waals surface area contributed by atoms with E-state index in [0.717, 1.165) is 17.5 Å². The van der Waals surface area contributed by atoms with Crippen LogP contribution in [0.2, 0.25) is 0 Å². The van der Waals surface area contributed by atoms with Crippen molar-refractivity contribution in [3.05, 3.63) is 35.4 Å². The van der Waals surface area contributed by atoms with Crippen LogP contribution >= 0.6 is 0 Å². The highest BCUT2D eigenvalue weighted by Gasteiger charge is 2.00. The lowest BCUT2D eigenvalue weighted by Gasteiger charge is -2.04. The molecular weight excluding hydrogens is 172 g/mol. The quantitative estimate of drug-likeness (QED) is 0.555. The van der Waals surface area contributed by atoms with E-state index in [1.807, 2.05) is 24.3 Å². The maximum absolute atomic E-state index is 7.55. The van der Waals surface area contributed by atoms with Crippen LogP contribution in [0.5, 0.6) is 0 Å². The molecule has 0 aliphatic heterocycles. The molecule has 0 radical (unpaired) electrons. The minimum absolute atomic E-state index is 0.509. The van der Waals surface area contributed by atoms with Gasteiger partial charge in [0.2, 0.25) is 0 Å². The zero-order valence-corrected chi connectivity index (χ0v) is 8.67. The largest absolute Gasteiger partial charge is 0.398 e. The second-order valence-electron chi connectivity index (χ2n) is 3.28. The number of hydrogen-bond donors (Lipinski definition) is 2. The van der Waals surface area contributed by atoms with Gasteiger partial charge in [-0.25, -0.2) is 0 Å². The molecule has 0 aliphatic carbocycles. The van der Waals surface area contributed by atoms with Crippen molar-refractivity contribution in [2.24, 2.45) is 0 Å². The van der Waals surface area contributed by atoms with Gasteiger partial charge < -0.3 is 11.1 Å². The van der Waals surface area contributed by atoms with Gasteiger partial charge in [-0.1, -0.05) is 25.1 Å². The Balaban J connectivity index is 3.06. The van der Waals surface area contributed by atoms with E-state index in [-0.39, 0.29) is 0 Å². The fraction of sp³-hybridized carbons (Fsp3) is 0.250. The van der Waals surface area contributed by atoms with Crippen molar-refractivity contribution in [2.45, 2.75) is 20.3 Å². The maximum atomic E-state index is 7.55. The number of nitrogens with one attached hydrogen (secondary N) is 1. The average Bonchev–Trinajstić information content (AvgIpc) is 2.16. The highest BCUT2D eigenvalue weighted by molar-refractivity contribution is 6.01. The molecule has 74 valence electrons. The topological polar surface area (TPSA) is 49.9 Å². The van der Waals surface area contributed by atoms with Crippen molar-refractivity contribution in [1.29, 1.82) is 5.41 Å². The smallest absolute Gasteiger partial charge is 0.0406 e. The third-order valence-corrected chi connectivity index (χ3v) is 2.03. The third-order valence-electron chi connectivity index (χ3n) is 2.03. The Labute approximate surface area is 85.0 Å². The summed E-state index contributed by atoms with van der Waals surface area (Å²) >= 11 is 0. The maximum Gasteiger partial charge on any atom is 0.0406 e. The molecule has 0 saturated carbocycles. The van der Waals surface area contributed by atoms with Crippen molar-refractivity contribution in [3.8, 4) is 0 Å². The van der Waals surface area contributed by atoms with Gasteiger partial charge in [-0.15, -0.1) is 0 Å². The molecule has 1 rings (SSSR count). The van der Waals surface area contributed by atoms with Crippen LogP contribution in [0.1, 0.15) is 31.4 Å². The Hall–Kier alpha value is -1.57. The molecule has 0 heterocycles. The molecule has 0 fully saturated rings. The lowest BCUT2D eigenvalue weighted by atomic mass is 10.0. The number of rotatable bonds is 3. The van der Waals surface area contributed by atoms with Gasteiger partial charge in [-0.3, -0.25) is 0 Å². The number of anilines is 1. The number of benzene rings is 1. The van der Waals surface area contributed by atoms with E-state index in [0.29, 0.717) is 11.4 Å². The van der Waals surface area contributed by atoms with Crippen molar-refractivity contribution in [2.75, 3.05) is 5.73 Å². The first-order valence-corrected chi connectivity index (χ1v) is 4.76. The molecule has 2 heteroatoms. The Morgan fingerprint density at radius 3 is 2.79 bits per heavy atom. The Morgan fingerprint density at radius 1 is 1.50 bits per heavy atom. The van der Waals surface area contributed by atoms with Crippen molar-refractivity contribution in [3.63, 3.8) is 0 Å². The molecule has 1 aromatic carbocycles. The Kier molecular flexibility index (Phi) is 3.46. The van der Waals surface area contributed by atoms with E-state index in [9.17, 15) is 0 Å². The minimum Gasteiger partial charge on any atom is -0.398 e. The van der Waals surface area contributed by atoms with Gasteiger partial charge in [-0.2, -0.15) is 0 Å². The van der Waals surface area contributed by atoms with Crippen LogP contribution in [-0.2, 0) is 0 Å². The lowest BCUT2D eigenvalue weighted by molar-refractivity contribution is 1.23. The molecule has 0 aliphatic rings. The second-order valence-corrected chi connectivity index (χ2v) is 3.28. The van der Waals surface area contributed by atoms with Crippen LogP contribution in [0.3, 0.4) is 0 Å². The molecule has 2 nitrogen and oxygen atoms in total. The predicted molar refractivity (Wildman–Crippen MR) is 62.7 cm³/mol. The molecular formula is C12H16N2. The molecule has 0 amide bonds. The number of nitrogen functional groups attached to an aromatic ring is 1. The summed E-state index contributed by atoms with van der Waals surface area (Å²) in [6, 6.07) is 5.76. The predicted octanol–water partition coefficient (Wildman–Crippen LogP) is 3.08. The van der Waals surface area contributed by atoms with E-state index in [2.05, 4.69) is 13.0 Å². The van der Waals surface area contributed by atoms with Crippen LogP contribution in [0.4, 0.5) is 5.69 Å². The van der Waals surface area contributed by atoms with E-state index in [1.54, 1.807) is 6.92 Å². The van der Waals surface area contributed by atoms with E-state index >= 15 is 0 Å². The molecule has 0 saturated heterocycles. The highest BCUT2D eigenvalue weighted by Crippen LogP contribution is 2.15. The first-order valence-electron chi connectivity index (χ1n) is 4.76. The van der Waals surface area contributed by atoms with Crippen LogP contribution < -0.4 is 5.73 Å².